The highest BCUT2D eigenvalue weighted by Crippen LogP contribution is 2.27. The summed E-state index contributed by atoms with van der Waals surface area (Å²) >= 11 is 0. The van der Waals surface area contributed by atoms with Crippen LogP contribution in [0.3, 0.4) is 0 Å². The summed E-state index contributed by atoms with van der Waals surface area (Å²) in [5.74, 6) is 1.53. The Morgan fingerprint density at radius 1 is 1.16 bits per heavy atom. The highest BCUT2D eigenvalue weighted by molar-refractivity contribution is 5.90. The minimum atomic E-state index is -0.944. The van der Waals surface area contributed by atoms with E-state index in [1.165, 1.54) is 5.56 Å². The Labute approximate surface area is 147 Å². The molecule has 0 atom stereocenters. The number of carboxylic acid groups (broad SMARTS) is 1. The first kappa shape index (κ1) is 17.3. The Kier molecular flexibility index (Phi) is 4.92. The molecule has 7 heteroatoms. The van der Waals surface area contributed by atoms with Crippen LogP contribution in [0.2, 0.25) is 0 Å². The maximum atomic E-state index is 10.7. The van der Waals surface area contributed by atoms with Crippen molar-refractivity contribution in [2.24, 2.45) is 0 Å². The van der Waals surface area contributed by atoms with E-state index in [9.17, 15) is 4.79 Å². The summed E-state index contributed by atoms with van der Waals surface area (Å²) in [5.41, 5.74) is 2.11. The Morgan fingerprint density at radius 2 is 1.84 bits per heavy atom. The third-order valence-electron chi connectivity index (χ3n) is 4.64. The van der Waals surface area contributed by atoms with Gasteiger partial charge >= 0.3 is 6.09 Å². The third-order valence-corrected chi connectivity index (χ3v) is 4.64. The Bertz CT molecular complexity index is 769. The topological polar surface area (TPSA) is 90.4 Å². The van der Waals surface area contributed by atoms with E-state index in [1.54, 1.807) is 0 Å². The number of hydrogen-bond donors (Lipinski definition) is 3. The molecule has 0 bridgehead atoms. The average Bonchev–Trinajstić information content (AvgIpc) is 2.55. The molecule has 3 N–H and O–H groups in total. The van der Waals surface area contributed by atoms with Gasteiger partial charge in [-0.1, -0.05) is 11.6 Å². The van der Waals surface area contributed by atoms with Crippen molar-refractivity contribution in [3.8, 4) is 0 Å². The molecule has 1 amide bonds. The second-order valence-corrected chi connectivity index (χ2v) is 6.93. The van der Waals surface area contributed by atoms with E-state index in [1.807, 2.05) is 25.1 Å². The molecule has 134 valence electrons. The highest BCUT2D eigenvalue weighted by Gasteiger charge is 2.23. The molecule has 1 fully saturated rings. The second-order valence-electron chi connectivity index (χ2n) is 6.93. The number of aryl methyl sites for hydroxylation is 1. The van der Waals surface area contributed by atoms with Gasteiger partial charge in [0.15, 0.2) is 0 Å². The molecule has 1 aromatic heterocycles. The molecule has 1 saturated carbocycles. The highest BCUT2D eigenvalue weighted by atomic mass is 16.4. The molecular formula is C18H25N5O2. The van der Waals surface area contributed by atoms with E-state index in [4.69, 9.17) is 10.1 Å². The number of aromatic nitrogens is 2. The maximum Gasteiger partial charge on any atom is 0.404 e. The predicted molar refractivity (Wildman–Crippen MR) is 99.4 cm³/mol. The number of nitrogens with one attached hydrogen (secondary N) is 2. The van der Waals surface area contributed by atoms with Crippen molar-refractivity contribution in [3.63, 3.8) is 0 Å². The molecular weight excluding hydrogens is 318 g/mol. The lowest BCUT2D eigenvalue weighted by atomic mass is 9.91. The SMILES string of the molecule is Cc1ccc2nc(NC3CCC(NC(=O)O)CC3)nc(N(C)C)c2c1. The minimum absolute atomic E-state index is 0.0494. The van der Waals surface area contributed by atoms with E-state index in [0.717, 1.165) is 42.4 Å². The van der Waals surface area contributed by atoms with E-state index < -0.39 is 6.09 Å². The van der Waals surface area contributed by atoms with Gasteiger partial charge in [0.25, 0.3) is 0 Å². The van der Waals surface area contributed by atoms with Crippen LogP contribution in [0.15, 0.2) is 18.2 Å². The summed E-state index contributed by atoms with van der Waals surface area (Å²) in [7, 11) is 3.97. The monoisotopic (exact) mass is 343 g/mol. The number of hydrogen-bond acceptors (Lipinski definition) is 5. The largest absolute Gasteiger partial charge is 0.465 e. The maximum absolute atomic E-state index is 10.7. The number of nitrogens with zero attached hydrogens (tertiary/aromatic N) is 3. The molecule has 0 spiro atoms. The van der Waals surface area contributed by atoms with Crippen molar-refractivity contribution < 1.29 is 9.90 Å². The van der Waals surface area contributed by atoms with Gasteiger partial charge in [-0.15, -0.1) is 0 Å². The quantitative estimate of drug-likeness (QED) is 0.791. The smallest absolute Gasteiger partial charge is 0.404 e. The first-order valence-electron chi connectivity index (χ1n) is 8.64. The zero-order chi connectivity index (χ0) is 18.0. The molecule has 1 aliphatic carbocycles. The summed E-state index contributed by atoms with van der Waals surface area (Å²) in [6.07, 6.45) is 2.52. The van der Waals surface area contributed by atoms with Crippen LogP contribution in [0.25, 0.3) is 10.9 Å². The van der Waals surface area contributed by atoms with Gasteiger partial charge in [-0.25, -0.2) is 9.78 Å². The van der Waals surface area contributed by atoms with E-state index in [2.05, 4.69) is 34.7 Å². The van der Waals surface area contributed by atoms with Crippen molar-refractivity contribution in [2.45, 2.75) is 44.7 Å². The number of anilines is 2. The molecule has 1 heterocycles. The van der Waals surface area contributed by atoms with Gasteiger partial charge < -0.3 is 20.6 Å². The Balaban J connectivity index is 1.76. The van der Waals surface area contributed by atoms with Gasteiger partial charge in [0, 0.05) is 31.6 Å². The van der Waals surface area contributed by atoms with Crippen molar-refractivity contribution in [2.75, 3.05) is 24.3 Å². The summed E-state index contributed by atoms with van der Waals surface area (Å²) < 4.78 is 0. The fraction of sp³-hybridized carbons (Fsp3) is 0.500. The zero-order valence-corrected chi connectivity index (χ0v) is 14.9. The second kappa shape index (κ2) is 7.13. The lowest BCUT2D eigenvalue weighted by molar-refractivity contribution is 0.185. The van der Waals surface area contributed by atoms with Crippen molar-refractivity contribution in [1.29, 1.82) is 0 Å². The van der Waals surface area contributed by atoms with Crippen LogP contribution in [0.5, 0.6) is 0 Å². The summed E-state index contributed by atoms with van der Waals surface area (Å²) in [6, 6.07) is 6.51. The normalized spacial score (nSPS) is 20.3. The van der Waals surface area contributed by atoms with E-state index in [0.29, 0.717) is 5.95 Å². The zero-order valence-electron chi connectivity index (χ0n) is 14.9. The molecule has 0 unspecified atom stereocenters. The van der Waals surface area contributed by atoms with Crippen LogP contribution in [0, 0.1) is 6.92 Å². The van der Waals surface area contributed by atoms with Gasteiger partial charge in [0.2, 0.25) is 5.95 Å². The van der Waals surface area contributed by atoms with Crippen molar-refractivity contribution in [1.82, 2.24) is 15.3 Å². The molecule has 0 radical (unpaired) electrons. The lowest BCUT2D eigenvalue weighted by Gasteiger charge is -2.29. The van der Waals surface area contributed by atoms with Crippen LogP contribution in [-0.2, 0) is 0 Å². The minimum Gasteiger partial charge on any atom is -0.465 e. The van der Waals surface area contributed by atoms with Crippen LogP contribution in [0.4, 0.5) is 16.6 Å². The number of amides is 1. The molecule has 1 aliphatic rings. The fourth-order valence-corrected chi connectivity index (χ4v) is 3.37. The first-order valence-corrected chi connectivity index (χ1v) is 8.64. The van der Waals surface area contributed by atoms with Crippen LogP contribution < -0.4 is 15.5 Å². The molecule has 7 nitrogen and oxygen atoms in total. The summed E-state index contributed by atoms with van der Waals surface area (Å²) in [4.78, 5) is 22.1. The van der Waals surface area contributed by atoms with Gasteiger partial charge in [0.1, 0.15) is 5.82 Å². The number of benzene rings is 1. The fourth-order valence-electron chi connectivity index (χ4n) is 3.37. The van der Waals surface area contributed by atoms with Gasteiger partial charge in [-0.2, -0.15) is 4.98 Å². The van der Waals surface area contributed by atoms with E-state index >= 15 is 0 Å². The molecule has 1 aromatic carbocycles. The lowest BCUT2D eigenvalue weighted by Crippen LogP contribution is -2.39. The predicted octanol–water partition coefficient (Wildman–Crippen LogP) is 2.99. The standard InChI is InChI=1S/C18H25N5O2/c1-11-4-9-15-14(10-11)16(23(2)3)22-17(21-15)19-12-5-7-13(8-6-12)20-18(24)25/h4,9-10,12-13,20H,5-8H2,1-3H3,(H,24,25)(H,19,21,22). The number of rotatable bonds is 4. The number of fused-ring (bicyclic) bond motifs is 1. The average molecular weight is 343 g/mol. The van der Waals surface area contributed by atoms with Crippen molar-refractivity contribution in [3.05, 3.63) is 23.8 Å². The third kappa shape index (κ3) is 4.10. The summed E-state index contributed by atoms with van der Waals surface area (Å²) in [5, 5.41) is 15.9. The summed E-state index contributed by atoms with van der Waals surface area (Å²) in [6.45, 7) is 2.06. The van der Waals surface area contributed by atoms with Crippen molar-refractivity contribution >= 4 is 28.8 Å². The Hall–Kier alpha value is -2.57. The van der Waals surface area contributed by atoms with E-state index in [-0.39, 0.29) is 12.1 Å². The molecule has 0 saturated heterocycles. The molecule has 2 aromatic rings. The van der Waals surface area contributed by atoms with Crippen LogP contribution in [0.1, 0.15) is 31.2 Å². The first-order chi connectivity index (χ1) is 11.9. The molecule has 0 aliphatic heterocycles. The van der Waals surface area contributed by atoms with Crippen LogP contribution in [-0.4, -0.2) is 47.3 Å². The van der Waals surface area contributed by atoms with Crippen LogP contribution >= 0.6 is 0 Å². The van der Waals surface area contributed by atoms with Gasteiger partial charge in [-0.05, 0) is 44.7 Å². The Morgan fingerprint density at radius 3 is 2.48 bits per heavy atom. The molecule has 3 rings (SSSR count). The van der Waals surface area contributed by atoms with Gasteiger partial charge in [-0.3, -0.25) is 0 Å². The molecule has 25 heavy (non-hydrogen) atoms. The van der Waals surface area contributed by atoms with Gasteiger partial charge in [0.05, 0.1) is 5.52 Å². The number of carbonyl (C=O) groups is 1.